The van der Waals surface area contributed by atoms with Crippen LogP contribution in [-0.2, 0) is 21.3 Å². The lowest BCUT2D eigenvalue weighted by Crippen LogP contribution is -2.41. The van der Waals surface area contributed by atoms with Crippen LogP contribution in [0.1, 0.15) is 26.3 Å². The average molecular weight is 447 g/mol. The van der Waals surface area contributed by atoms with Crippen LogP contribution in [0.3, 0.4) is 0 Å². The summed E-state index contributed by atoms with van der Waals surface area (Å²) in [6.45, 7) is 3.79. The maximum atomic E-state index is 12.5. The van der Waals surface area contributed by atoms with Crippen LogP contribution >= 0.6 is 0 Å². The van der Waals surface area contributed by atoms with Crippen molar-refractivity contribution in [2.75, 3.05) is 40.4 Å². The number of carbonyl (C=O) groups excluding carboxylic acids is 2. The van der Waals surface area contributed by atoms with Crippen molar-refractivity contribution in [2.24, 2.45) is 0 Å². The molecule has 1 fully saturated rings. The lowest BCUT2D eigenvalue weighted by molar-refractivity contribution is 0.0342. The normalized spacial score (nSPS) is 14.9. The van der Waals surface area contributed by atoms with E-state index in [1.165, 1.54) is 38.4 Å². The summed E-state index contributed by atoms with van der Waals surface area (Å²) < 4.78 is 30.9. The number of carbonyl (C=O) groups is 2. The van der Waals surface area contributed by atoms with Gasteiger partial charge in [-0.1, -0.05) is 18.2 Å². The van der Waals surface area contributed by atoms with Gasteiger partial charge in [-0.05, 0) is 35.9 Å². The van der Waals surface area contributed by atoms with E-state index >= 15 is 0 Å². The number of rotatable bonds is 6. The second-order valence-electron chi connectivity index (χ2n) is 7.31. The molecule has 1 saturated heterocycles. The summed E-state index contributed by atoms with van der Waals surface area (Å²) in [4.78, 5) is 27.1. The second kappa shape index (κ2) is 10.0. The number of ether oxygens (including phenoxy) is 1. The number of sulfonamides is 1. The Bertz CT molecular complexity index is 1050. The van der Waals surface area contributed by atoms with Gasteiger partial charge in [-0.3, -0.25) is 25.3 Å². The fraction of sp³-hybridized carbons (Fsp3) is 0.333. The minimum Gasteiger partial charge on any atom is -0.379 e. The number of nitrogens with one attached hydrogen (secondary N) is 2. The topological polar surface area (TPSA) is 108 Å². The highest BCUT2D eigenvalue weighted by molar-refractivity contribution is 7.89. The highest BCUT2D eigenvalue weighted by Crippen LogP contribution is 2.15. The molecule has 2 aromatic rings. The third kappa shape index (κ3) is 5.88. The first kappa shape index (κ1) is 22.9. The first-order valence-electron chi connectivity index (χ1n) is 9.80. The molecule has 9 nitrogen and oxygen atoms in total. The average Bonchev–Trinajstić information content (AvgIpc) is 2.78. The first-order chi connectivity index (χ1) is 14.8. The molecule has 0 atom stereocenters. The summed E-state index contributed by atoms with van der Waals surface area (Å²) in [5, 5.41) is 0. The van der Waals surface area contributed by atoms with Crippen LogP contribution in [-0.4, -0.2) is 69.8 Å². The Kier molecular flexibility index (Phi) is 7.39. The number of amides is 2. The van der Waals surface area contributed by atoms with Crippen LogP contribution in [0.4, 0.5) is 0 Å². The summed E-state index contributed by atoms with van der Waals surface area (Å²) in [5.74, 6) is -1.08. The van der Waals surface area contributed by atoms with Gasteiger partial charge >= 0.3 is 0 Å². The number of hydrazine groups is 1. The smallest absolute Gasteiger partial charge is 0.269 e. The van der Waals surface area contributed by atoms with Gasteiger partial charge in [-0.25, -0.2) is 12.7 Å². The van der Waals surface area contributed by atoms with Crippen molar-refractivity contribution < 1.29 is 22.7 Å². The minimum atomic E-state index is -3.67. The molecule has 0 radical (unpaired) electrons. The van der Waals surface area contributed by atoms with Gasteiger partial charge in [-0.15, -0.1) is 0 Å². The molecule has 0 spiro atoms. The Morgan fingerprint density at radius 1 is 0.968 bits per heavy atom. The van der Waals surface area contributed by atoms with Crippen molar-refractivity contribution >= 4 is 21.8 Å². The van der Waals surface area contributed by atoms with Gasteiger partial charge in [0, 0.05) is 44.9 Å². The van der Waals surface area contributed by atoms with Crippen molar-refractivity contribution in [3.63, 3.8) is 0 Å². The van der Waals surface area contributed by atoms with Gasteiger partial charge in [0.05, 0.1) is 18.1 Å². The Labute approximate surface area is 182 Å². The Balaban J connectivity index is 1.62. The molecule has 31 heavy (non-hydrogen) atoms. The third-order valence-corrected chi connectivity index (χ3v) is 6.67. The van der Waals surface area contributed by atoms with Gasteiger partial charge in [0.1, 0.15) is 0 Å². The van der Waals surface area contributed by atoms with E-state index in [-0.39, 0.29) is 10.5 Å². The van der Waals surface area contributed by atoms with Gasteiger partial charge in [0.2, 0.25) is 10.0 Å². The third-order valence-electron chi connectivity index (χ3n) is 4.86. The first-order valence-corrected chi connectivity index (χ1v) is 11.2. The molecule has 2 aromatic carbocycles. The maximum Gasteiger partial charge on any atom is 0.269 e. The van der Waals surface area contributed by atoms with Crippen LogP contribution in [0.2, 0.25) is 0 Å². The Morgan fingerprint density at radius 2 is 1.55 bits per heavy atom. The highest BCUT2D eigenvalue weighted by atomic mass is 32.2. The molecule has 0 bridgehead atoms. The van der Waals surface area contributed by atoms with Gasteiger partial charge < -0.3 is 4.74 Å². The summed E-state index contributed by atoms with van der Waals surface area (Å²) >= 11 is 0. The number of morpholine rings is 1. The van der Waals surface area contributed by atoms with Crippen LogP contribution in [0.15, 0.2) is 53.4 Å². The van der Waals surface area contributed by atoms with Crippen LogP contribution < -0.4 is 10.9 Å². The van der Waals surface area contributed by atoms with E-state index in [1.807, 2.05) is 6.07 Å². The number of benzene rings is 2. The zero-order valence-electron chi connectivity index (χ0n) is 17.5. The van der Waals surface area contributed by atoms with Crippen molar-refractivity contribution in [2.45, 2.75) is 11.4 Å². The molecule has 3 rings (SSSR count). The van der Waals surface area contributed by atoms with E-state index in [2.05, 4.69) is 15.8 Å². The molecule has 0 aliphatic carbocycles. The van der Waals surface area contributed by atoms with Gasteiger partial charge in [0.25, 0.3) is 11.8 Å². The monoisotopic (exact) mass is 446 g/mol. The lowest BCUT2D eigenvalue weighted by Gasteiger charge is -2.26. The predicted octanol–water partition coefficient (Wildman–Crippen LogP) is 0.844. The zero-order chi connectivity index (χ0) is 22.4. The van der Waals surface area contributed by atoms with Gasteiger partial charge in [0.15, 0.2) is 0 Å². The van der Waals surface area contributed by atoms with Crippen LogP contribution in [0.25, 0.3) is 0 Å². The van der Waals surface area contributed by atoms with Crippen LogP contribution in [0, 0.1) is 0 Å². The second-order valence-corrected chi connectivity index (χ2v) is 9.46. The minimum absolute atomic E-state index is 0.00714. The molecular weight excluding hydrogens is 420 g/mol. The quantitative estimate of drug-likeness (QED) is 0.637. The molecule has 166 valence electrons. The Hall–Kier alpha value is -2.79. The summed E-state index contributed by atoms with van der Waals surface area (Å²) in [6.07, 6.45) is 0. The van der Waals surface area contributed by atoms with Gasteiger partial charge in [-0.2, -0.15) is 0 Å². The largest absolute Gasteiger partial charge is 0.379 e. The number of hydrogen-bond acceptors (Lipinski definition) is 6. The molecule has 2 amide bonds. The molecule has 0 saturated carbocycles. The molecule has 10 heteroatoms. The fourth-order valence-electron chi connectivity index (χ4n) is 3.09. The van der Waals surface area contributed by atoms with E-state index < -0.39 is 21.8 Å². The van der Waals surface area contributed by atoms with E-state index in [0.29, 0.717) is 25.3 Å². The zero-order valence-corrected chi connectivity index (χ0v) is 18.3. The standard InChI is InChI=1S/C21H26N4O5S/c1-24(2)31(28,29)19-8-4-7-18(14-19)21(27)23-22-20(26)17-6-3-5-16(13-17)15-25-9-11-30-12-10-25/h3-8,13-14H,9-12,15H2,1-2H3,(H,22,26)(H,23,27). The van der Waals surface area contributed by atoms with Crippen LogP contribution in [0.5, 0.6) is 0 Å². The maximum absolute atomic E-state index is 12.5. The fourth-order valence-corrected chi connectivity index (χ4v) is 4.04. The number of nitrogens with zero attached hydrogens (tertiary/aromatic N) is 2. The molecule has 1 aliphatic rings. The highest BCUT2D eigenvalue weighted by Gasteiger charge is 2.19. The van der Waals surface area contributed by atoms with Crippen molar-refractivity contribution in [3.8, 4) is 0 Å². The van der Waals surface area contributed by atoms with Crippen molar-refractivity contribution in [1.82, 2.24) is 20.1 Å². The molecule has 2 N–H and O–H groups in total. The molecule has 1 heterocycles. The summed E-state index contributed by atoms with van der Waals surface area (Å²) in [7, 11) is -0.846. The van der Waals surface area contributed by atoms with E-state index in [1.54, 1.807) is 18.2 Å². The SMILES string of the molecule is CN(C)S(=O)(=O)c1cccc(C(=O)NNC(=O)c2cccc(CN3CCOCC3)c2)c1. The molecule has 0 unspecified atom stereocenters. The summed E-state index contributed by atoms with van der Waals surface area (Å²) in [6, 6.07) is 12.8. The van der Waals surface area contributed by atoms with Crippen molar-refractivity contribution in [3.05, 3.63) is 65.2 Å². The number of hydrogen-bond donors (Lipinski definition) is 2. The predicted molar refractivity (Wildman–Crippen MR) is 115 cm³/mol. The van der Waals surface area contributed by atoms with Crippen molar-refractivity contribution in [1.29, 1.82) is 0 Å². The molecule has 1 aliphatic heterocycles. The summed E-state index contributed by atoms with van der Waals surface area (Å²) in [5.41, 5.74) is 6.22. The van der Waals surface area contributed by atoms with E-state index in [4.69, 9.17) is 4.74 Å². The molecular formula is C21H26N4O5S. The van der Waals surface area contributed by atoms with E-state index in [0.717, 1.165) is 23.0 Å². The Morgan fingerprint density at radius 3 is 2.16 bits per heavy atom. The lowest BCUT2D eigenvalue weighted by atomic mass is 10.1. The van der Waals surface area contributed by atoms with E-state index in [9.17, 15) is 18.0 Å². The molecule has 0 aromatic heterocycles.